The molecule has 0 fully saturated rings. The number of carbonyl (C=O) groups excluding carboxylic acids is 1. The summed E-state index contributed by atoms with van der Waals surface area (Å²) in [6.45, 7) is 7.26. The third kappa shape index (κ3) is 2.91. The van der Waals surface area contributed by atoms with Gasteiger partial charge in [-0.25, -0.2) is 13.6 Å². The molecule has 0 saturated carbocycles. The minimum Gasteiger partial charge on any atom is -0.342 e. The lowest BCUT2D eigenvalue weighted by Gasteiger charge is -2.19. The maximum absolute atomic E-state index is 12.2. The van der Waals surface area contributed by atoms with Gasteiger partial charge in [0.25, 0.3) is 5.91 Å². The van der Waals surface area contributed by atoms with E-state index in [1.807, 2.05) is 20.8 Å². The van der Waals surface area contributed by atoms with Crippen molar-refractivity contribution in [2.24, 2.45) is 5.14 Å². The standard InChI is InChI=1S/C11H19N3O3S/c1-4-13(5-2)11(15)10-7-9(18(12,16)17)8-14(10)6-3/h7-8H,4-6H2,1-3H3,(H2,12,16,17). The van der Waals surface area contributed by atoms with Crippen LogP contribution in [-0.2, 0) is 16.6 Å². The van der Waals surface area contributed by atoms with Crippen molar-refractivity contribution in [2.75, 3.05) is 13.1 Å². The van der Waals surface area contributed by atoms with Crippen LogP contribution < -0.4 is 5.14 Å². The lowest BCUT2D eigenvalue weighted by Crippen LogP contribution is -2.31. The van der Waals surface area contributed by atoms with Gasteiger partial charge in [0.1, 0.15) is 10.6 Å². The Kier molecular flexibility index (Phi) is 4.53. The number of carbonyl (C=O) groups is 1. The highest BCUT2D eigenvalue weighted by Crippen LogP contribution is 2.15. The first-order chi connectivity index (χ1) is 8.35. The summed E-state index contributed by atoms with van der Waals surface area (Å²) in [5, 5.41) is 5.07. The second kappa shape index (κ2) is 5.53. The van der Waals surface area contributed by atoms with E-state index in [1.165, 1.54) is 12.3 Å². The van der Waals surface area contributed by atoms with Crippen LogP contribution in [0, 0.1) is 0 Å². The molecule has 1 aromatic heterocycles. The first-order valence-corrected chi connectivity index (χ1v) is 7.42. The molecule has 0 bridgehead atoms. The molecule has 0 aromatic carbocycles. The average Bonchev–Trinajstić information content (AvgIpc) is 2.73. The van der Waals surface area contributed by atoms with Gasteiger partial charge in [-0.15, -0.1) is 0 Å². The Hall–Kier alpha value is -1.34. The van der Waals surface area contributed by atoms with E-state index >= 15 is 0 Å². The highest BCUT2D eigenvalue weighted by Gasteiger charge is 2.21. The molecule has 0 aliphatic heterocycles. The largest absolute Gasteiger partial charge is 0.342 e. The second-order valence-corrected chi connectivity index (χ2v) is 5.43. The summed E-state index contributed by atoms with van der Waals surface area (Å²) in [5.74, 6) is -0.184. The van der Waals surface area contributed by atoms with Gasteiger partial charge in [0.05, 0.1) is 0 Å². The van der Waals surface area contributed by atoms with Crippen LogP contribution >= 0.6 is 0 Å². The number of hydrogen-bond donors (Lipinski definition) is 1. The SMILES string of the molecule is CCN(CC)C(=O)c1cc(S(N)(=O)=O)cn1CC. The van der Waals surface area contributed by atoms with Gasteiger partial charge in [-0.05, 0) is 26.8 Å². The molecule has 6 nitrogen and oxygen atoms in total. The monoisotopic (exact) mass is 273 g/mol. The van der Waals surface area contributed by atoms with Crippen molar-refractivity contribution < 1.29 is 13.2 Å². The van der Waals surface area contributed by atoms with Crippen LogP contribution in [0.1, 0.15) is 31.3 Å². The third-order valence-corrected chi connectivity index (χ3v) is 3.69. The fraction of sp³-hybridized carbons (Fsp3) is 0.545. The molecular weight excluding hydrogens is 254 g/mol. The summed E-state index contributed by atoms with van der Waals surface area (Å²) in [7, 11) is -3.78. The van der Waals surface area contributed by atoms with Crippen molar-refractivity contribution in [3.05, 3.63) is 18.0 Å². The summed E-state index contributed by atoms with van der Waals surface area (Å²) in [4.78, 5) is 13.8. The number of aromatic nitrogens is 1. The Morgan fingerprint density at radius 2 is 1.89 bits per heavy atom. The van der Waals surface area contributed by atoms with Gasteiger partial charge < -0.3 is 9.47 Å². The topological polar surface area (TPSA) is 85.4 Å². The molecule has 18 heavy (non-hydrogen) atoms. The number of primary sulfonamides is 1. The van der Waals surface area contributed by atoms with E-state index in [2.05, 4.69) is 0 Å². The minimum atomic E-state index is -3.78. The number of rotatable bonds is 5. The van der Waals surface area contributed by atoms with E-state index in [0.29, 0.717) is 25.3 Å². The summed E-state index contributed by atoms with van der Waals surface area (Å²) in [5.41, 5.74) is 0.352. The molecule has 0 radical (unpaired) electrons. The first kappa shape index (κ1) is 14.7. The van der Waals surface area contributed by atoms with E-state index in [9.17, 15) is 13.2 Å². The average molecular weight is 273 g/mol. The number of amides is 1. The predicted molar refractivity (Wildman–Crippen MR) is 68.7 cm³/mol. The number of nitrogens with two attached hydrogens (primary N) is 1. The zero-order chi connectivity index (χ0) is 13.9. The summed E-state index contributed by atoms with van der Waals surface area (Å²) >= 11 is 0. The van der Waals surface area contributed by atoms with E-state index in [-0.39, 0.29) is 10.8 Å². The number of aryl methyl sites for hydroxylation is 1. The van der Waals surface area contributed by atoms with Gasteiger partial charge in [0.2, 0.25) is 10.0 Å². The molecule has 0 aliphatic rings. The Labute approximate surface area is 107 Å². The molecule has 102 valence electrons. The number of nitrogens with zero attached hydrogens (tertiary/aromatic N) is 2. The molecule has 0 unspecified atom stereocenters. The van der Waals surface area contributed by atoms with Crippen LogP contribution in [0.3, 0.4) is 0 Å². The lowest BCUT2D eigenvalue weighted by atomic mass is 10.3. The molecule has 1 amide bonds. The number of sulfonamides is 1. The second-order valence-electron chi connectivity index (χ2n) is 3.87. The molecule has 7 heteroatoms. The number of hydrogen-bond acceptors (Lipinski definition) is 3. The van der Waals surface area contributed by atoms with Gasteiger partial charge >= 0.3 is 0 Å². The van der Waals surface area contributed by atoms with Gasteiger partial charge in [0, 0.05) is 25.8 Å². The van der Waals surface area contributed by atoms with Crippen LogP contribution in [0.2, 0.25) is 0 Å². The highest BCUT2D eigenvalue weighted by molar-refractivity contribution is 7.89. The van der Waals surface area contributed by atoms with Gasteiger partial charge in [-0.1, -0.05) is 0 Å². The van der Waals surface area contributed by atoms with Crippen LogP contribution in [-0.4, -0.2) is 36.9 Å². The first-order valence-electron chi connectivity index (χ1n) is 5.87. The smallest absolute Gasteiger partial charge is 0.270 e. The summed E-state index contributed by atoms with van der Waals surface area (Å²) in [6.07, 6.45) is 1.39. The van der Waals surface area contributed by atoms with Gasteiger partial charge in [-0.2, -0.15) is 0 Å². The molecule has 1 aromatic rings. The fourth-order valence-electron chi connectivity index (χ4n) is 1.75. The molecule has 1 heterocycles. The molecule has 0 atom stereocenters. The highest BCUT2D eigenvalue weighted by atomic mass is 32.2. The third-order valence-electron chi connectivity index (χ3n) is 2.81. The maximum Gasteiger partial charge on any atom is 0.270 e. The fourth-order valence-corrected chi connectivity index (χ4v) is 2.30. The van der Waals surface area contributed by atoms with Crippen LogP contribution in [0.5, 0.6) is 0 Å². The molecular formula is C11H19N3O3S. The Morgan fingerprint density at radius 3 is 2.28 bits per heavy atom. The molecule has 0 spiro atoms. The predicted octanol–water partition coefficient (Wildman–Crippen LogP) is 0.637. The van der Waals surface area contributed by atoms with Crippen molar-refractivity contribution >= 4 is 15.9 Å². The van der Waals surface area contributed by atoms with Crippen molar-refractivity contribution in [1.82, 2.24) is 9.47 Å². The van der Waals surface area contributed by atoms with Crippen molar-refractivity contribution in [3.63, 3.8) is 0 Å². The van der Waals surface area contributed by atoms with E-state index in [1.54, 1.807) is 9.47 Å². The van der Waals surface area contributed by atoms with Crippen molar-refractivity contribution in [3.8, 4) is 0 Å². The van der Waals surface area contributed by atoms with E-state index in [4.69, 9.17) is 5.14 Å². The molecule has 0 saturated heterocycles. The molecule has 0 aliphatic carbocycles. The van der Waals surface area contributed by atoms with Gasteiger partial charge in [0.15, 0.2) is 0 Å². The summed E-state index contributed by atoms with van der Waals surface area (Å²) < 4.78 is 24.2. The molecule has 1 rings (SSSR count). The van der Waals surface area contributed by atoms with Crippen LogP contribution in [0.15, 0.2) is 17.2 Å². The quantitative estimate of drug-likeness (QED) is 0.854. The van der Waals surface area contributed by atoms with E-state index < -0.39 is 10.0 Å². The normalized spacial score (nSPS) is 11.6. The zero-order valence-corrected chi connectivity index (χ0v) is 11.7. The minimum absolute atomic E-state index is 0.0279. The molecule has 2 N–H and O–H groups in total. The van der Waals surface area contributed by atoms with Crippen LogP contribution in [0.4, 0.5) is 0 Å². The Bertz CT molecular complexity index is 530. The Morgan fingerprint density at radius 1 is 1.33 bits per heavy atom. The lowest BCUT2D eigenvalue weighted by molar-refractivity contribution is 0.0762. The van der Waals surface area contributed by atoms with E-state index in [0.717, 1.165) is 0 Å². The van der Waals surface area contributed by atoms with Crippen molar-refractivity contribution in [2.45, 2.75) is 32.2 Å². The van der Waals surface area contributed by atoms with Crippen LogP contribution in [0.25, 0.3) is 0 Å². The Balaban J connectivity index is 3.24. The van der Waals surface area contributed by atoms with Gasteiger partial charge in [-0.3, -0.25) is 4.79 Å². The maximum atomic E-state index is 12.2. The van der Waals surface area contributed by atoms with Crippen molar-refractivity contribution in [1.29, 1.82) is 0 Å². The summed E-state index contributed by atoms with van der Waals surface area (Å²) in [6, 6.07) is 1.33. The zero-order valence-electron chi connectivity index (χ0n) is 10.9.